The summed E-state index contributed by atoms with van der Waals surface area (Å²) < 4.78 is 2.05. The van der Waals surface area contributed by atoms with E-state index in [9.17, 15) is 0 Å². The lowest BCUT2D eigenvalue weighted by atomic mass is 9.96. The second-order valence-electron chi connectivity index (χ2n) is 6.30. The minimum Gasteiger partial charge on any atom is -0.309 e. The first-order chi connectivity index (χ1) is 9.02. The predicted octanol–water partition coefficient (Wildman–Crippen LogP) is 1.51. The van der Waals surface area contributed by atoms with Gasteiger partial charge in [0.05, 0.1) is 6.54 Å². The minimum atomic E-state index is 0.237. The number of aromatic nitrogens is 3. The van der Waals surface area contributed by atoms with Gasteiger partial charge in [-0.05, 0) is 19.3 Å². The van der Waals surface area contributed by atoms with Gasteiger partial charge in [0.25, 0.3) is 0 Å². The summed E-state index contributed by atoms with van der Waals surface area (Å²) >= 11 is 0. The van der Waals surface area contributed by atoms with Gasteiger partial charge in [-0.1, -0.05) is 20.8 Å². The van der Waals surface area contributed by atoms with Crippen molar-refractivity contribution in [2.75, 3.05) is 19.6 Å². The standard InChI is InChI=1S/C14H27N5/c1-5-14(4)10-18(7-6-16-14)9-13-15-11-17-19(13)8-12(2)3/h11-12,16H,5-10H2,1-4H3. The third-order valence-corrected chi connectivity index (χ3v) is 3.93. The smallest absolute Gasteiger partial charge is 0.141 e. The molecule has 0 saturated carbocycles. The Morgan fingerprint density at radius 1 is 1.47 bits per heavy atom. The molecular formula is C14H27N5. The average Bonchev–Trinajstić information content (AvgIpc) is 2.76. The third-order valence-electron chi connectivity index (χ3n) is 3.93. The van der Waals surface area contributed by atoms with Crippen molar-refractivity contribution in [3.63, 3.8) is 0 Å². The van der Waals surface area contributed by atoms with Crippen LogP contribution in [-0.4, -0.2) is 44.8 Å². The molecule has 5 nitrogen and oxygen atoms in total. The number of nitrogens with zero attached hydrogens (tertiary/aromatic N) is 4. The molecule has 1 aliphatic rings. The van der Waals surface area contributed by atoms with Gasteiger partial charge in [0.15, 0.2) is 0 Å². The molecule has 1 aromatic heterocycles. The van der Waals surface area contributed by atoms with Crippen LogP contribution in [0.1, 0.15) is 39.9 Å². The molecule has 19 heavy (non-hydrogen) atoms. The normalized spacial score (nSPS) is 25.1. The summed E-state index contributed by atoms with van der Waals surface area (Å²) in [5.41, 5.74) is 0.237. The van der Waals surface area contributed by atoms with Crippen molar-refractivity contribution in [1.29, 1.82) is 0 Å². The zero-order valence-electron chi connectivity index (χ0n) is 12.7. The molecule has 1 aromatic rings. The highest BCUT2D eigenvalue weighted by Crippen LogP contribution is 2.16. The van der Waals surface area contributed by atoms with E-state index < -0.39 is 0 Å². The van der Waals surface area contributed by atoms with Crippen molar-refractivity contribution < 1.29 is 0 Å². The Labute approximate surface area is 116 Å². The van der Waals surface area contributed by atoms with Crippen LogP contribution in [0, 0.1) is 5.92 Å². The Balaban J connectivity index is 1.99. The van der Waals surface area contributed by atoms with Gasteiger partial charge in [0.2, 0.25) is 0 Å². The van der Waals surface area contributed by atoms with Crippen molar-refractivity contribution in [2.24, 2.45) is 5.92 Å². The lowest BCUT2D eigenvalue weighted by Crippen LogP contribution is -2.58. The van der Waals surface area contributed by atoms with E-state index in [1.54, 1.807) is 6.33 Å². The lowest BCUT2D eigenvalue weighted by Gasteiger charge is -2.40. The van der Waals surface area contributed by atoms with Crippen LogP contribution < -0.4 is 5.32 Å². The van der Waals surface area contributed by atoms with Crippen LogP contribution in [0.4, 0.5) is 0 Å². The molecule has 5 heteroatoms. The summed E-state index contributed by atoms with van der Waals surface area (Å²) in [7, 11) is 0. The van der Waals surface area contributed by atoms with Gasteiger partial charge in [0, 0.05) is 31.7 Å². The Bertz CT molecular complexity index is 400. The van der Waals surface area contributed by atoms with E-state index in [1.165, 1.54) is 0 Å². The molecule has 1 saturated heterocycles. The zero-order valence-corrected chi connectivity index (χ0v) is 12.7. The monoisotopic (exact) mass is 265 g/mol. The van der Waals surface area contributed by atoms with Crippen LogP contribution >= 0.6 is 0 Å². The van der Waals surface area contributed by atoms with Crippen LogP contribution in [0.5, 0.6) is 0 Å². The molecule has 0 aromatic carbocycles. The Hall–Kier alpha value is -0.940. The van der Waals surface area contributed by atoms with Crippen molar-refractivity contribution in [1.82, 2.24) is 25.0 Å². The number of piperazine rings is 1. The molecule has 1 unspecified atom stereocenters. The number of hydrogen-bond acceptors (Lipinski definition) is 4. The third kappa shape index (κ3) is 3.76. The summed E-state index contributed by atoms with van der Waals surface area (Å²) in [4.78, 5) is 6.91. The van der Waals surface area contributed by atoms with Crippen LogP contribution in [0.2, 0.25) is 0 Å². The van der Waals surface area contributed by atoms with Crippen molar-refractivity contribution in [2.45, 2.75) is 52.7 Å². The molecule has 0 amide bonds. The van der Waals surface area contributed by atoms with E-state index in [0.717, 1.165) is 45.0 Å². The molecule has 1 aliphatic heterocycles. The first-order valence-electron chi connectivity index (χ1n) is 7.36. The SMILES string of the molecule is CCC1(C)CN(Cc2ncnn2CC(C)C)CCN1. The minimum absolute atomic E-state index is 0.237. The average molecular weight is 265 g/mol. The summed E-state index contributed by atoms with van der Waals surface area (Å²) in [5.74, 6) is 1.69. The van der Waals surface area contributed by atoms with Crippen LogP contribution in [0.3, 0.4) is 0 Å². The van der Waals surface area contributed by atoms with E-state index >= 15 is 0 Å². The predicted molar refractivity (Wildman–Crippen MR) is 76.8 cm³/mol. The number of hydrogen-bond donors (Lipinski definition) is 1. The van der Waals surface area contributed by atoms with Crippen molar-refractivity contribution >= 4 is 0 Å². The molecular weight excluding hydrogens is 238 g/mol. The van der Waals surface area contributed by atoms with E-state index in [4.69, 9.17) is 0 Å². The summed E-state index contributed by atoms with van der Waals surface area (Å²) in [5, 5.41) is 7.96. The first kappa shape index (κ1) is 14.5. The largest absolute Gasteiger partial charge is 0.309 e. The van der Waals surface area contributed by atoms with E-state index in [0.29, 0.717) is 5.92 Å². The molecule has 1 atom stereocenters. The van der Waals surface area contributed by atoms with Gasteiger partial charge in [-0.2, -0.15) is 5.10 Å². The molecule has 1 N–H and O–H groups in total. The Morgan fingerprint density at radius 2 is 2.26 bits per heavy atom. The van der Waals surface area contributed by atoms with E-state index in [1.807, 2.05) is 0 Å². The topological polar surface area (TPSA) is 46.0 Å². The zero-order chi connectivity index (χ0) is 13.9. The van der Waals surface area contributed by atoms with Crippen LogP contribution in [-0.2, 0) is 13.1 Å². The molecule has 0 spiro atoms. The fraction of sp³-hybridized carbons (Fsp3) is 0.857. The first-order valence-corrected chi connectivity index (χ1v) is 7.36. The van der Waals surface area contributed by atoms with Gasteiger partial charge < -0.3 is 5.32 Å². The summed E-state index contributed by atoms with van der Waals surface area (Å²) in [6.45, 7) is 14.1. The summed E-state index contributed by atoms with van der Waals surface area (Å²) in [6, 6.07) is 0. The van der Waals surface area contributed by atoms with Gasteiger partial charge in [-0.3, -0.25) is 4.90 Å². The fourth-order valence-electron chi connectivity index (χ4n) is 2.62. The molecule has 0 aliphatic carbocycles. The number of nitrogens with one attached hydrogen (secondary N) is 1. The van der Waals surface area contributed by atoms with Gasteiger partial charge in [-0.15, -0.1) is 0 Å². The molecule has 0 bridgehead atoms. The van der Waals surface area contributed by atoms with E-state index in [2.05, 4.69) is 52.7 Å². The maximum absolute atomic E-state index is 4.43. The summed E-state index contributed by atoms with van der Waals surface area (Å²) in [6.07, 6.45) is 2.83. The lowest BCUT2D eigenvalue weighted by molar-refractivity contribution is 0.129. The second kappa shape index (κ2) is 6.01. The highest BCUT2D eigenvalue weighted by molar-refractivity contribution is 4.93. The molecule has 0 radical (unpaired) electrons. The highest BCUT2D eigenvalue weighted by Gasteiger charge is 2.29. The maximum Gasteiger partial charge on any atom is 0.141 e. The van der Waals surface area contributed by atoms with Gasteiger partial charge in [-0.25, -0.2) is 9.67 Å². The fourth-order valence-corrected chi connectivity index (χ4v) is 2.62. The molecule has 108 valence electrons. The van der Waals surface area contributed by atoms with Crippen LogP contribution in [0.15, 0.2) is 6.33 Å². The molecule has 1 fully saturated rings. The van der Waals surface area contributed by atoms with Crippen molar-refractivity contribution in [3.05, 3.63) is 12.2 Å². The maximum atomic E-state index is 4.43. The molecule has 2 heterocycles. The van der Waals surface area contributed by atoms with Gasteiger partial charge >= 0.3 is 0 Å². The van der Waals surface area contributed by atoms with Crippen molar-refractivity contribution in [3.8, 4) is 0 Å². The van der Waals surface area contributed by atoms with Crippen LogP contribution in [0.25, 0.3) is 0 Å². The van der Waals surface area contributed by atoms with E-state index in [-0.39, 0.29) is 5.54 Å². The Kier molecular flexibility index (Phi) is 4.58. The second-order valence-corrected chi connectivity index (χ2v) is 6.30. The molecule has 2 rings (SSSR count). The van der Waals surface area contributed by atoms with Gasteiger partial charge in [0.1, 0.15) is 12.2 Å². The number of rotatable bonds is 5. The Morgan fingerprint density at radius 3 is 2.95 bits per heavy atom. The highest BCUT2D eigenvalue weighted by atomic mass is 15.4. The quantitative estimate of drug-likeness (QED) is 0.876.